The van der Waals surface area contributed by atoms with E-state index in [1.807, 2.05) is 6.92 Å². The van der Waals surface area contributed by atoms with Gasteiger partial charge in [0.1, 0.15) is 23.3 Å². The van der Waals surface area contributed by atoms with Gasteiger partial charge < -0.3 is 15.2 Å². The Morgan fingerprint density at radius 3 is 2.46 bits per heavy atom. The SMILES string of the molecule is Cc1cc(Oc2ccc(Cl)cc2)ccc1NC(=O)C(C#N)=C(O)C1CC1. The third kappa shape index (κ3) is 4.16. The van der Waals surface area contributed by atoms with Gasteiger partial charge in [-0.2, -0.15) is 5.26 Å². The Kier molecular flexibility index (Phi) is 5.15. The number of aliphatic hydroxyl groups excluding tert-OH is 1. The summed E-state index contributed by atoms with van der Waals surface area (Å²) in [5.41, 5.74) is 1.09. The number of ether oxygens (including phenoxy) is 1. The summed E-state index contributed by atoms with van der Waals surface area (Å²) in [5.74, 6) is 0.470. The van der Waals surface area contributed by atoms with Gasteiger partial charge in [-0.25, -0.2) is 0 Å². The number of nitrogens with zero attached hydrogens (tertiary/aromatic N) is 1. The van der Waals surface area contributed by atoms with Gasteiger partial charge in [-0.1, -0.05) is 11.6 Å². The van der Waals surface area contributed by atoms with E-state index < -0.39 is 5.91 Å². The number of nitriles is 1. The number of hydrogen-bond acceptors (Lipinski definition) is 4. The van der Waals surface area contributed by atoms with E-state index in [0.717, 1.165) is 18.4 Å². The molecular weight excluding hydrogens is 352 g/mol. The zero-order valence-electron chi connectivity index (χ0n) is 14.1. The van der Waals surface area contributed by atoms with Gasteiger partial charge in [0.25, 0.3) is 5.91 Å². The van der Waals surface area contributed by atoms with Crippen LogP contribution in [-0.4, -0.2) is 11.0 Å². The molecule has 0 saturated heterocycles. The molecule has 6 heteroatoms. The maximum absolute atomic E-state index is 12.3. The van der Waals surface area contributed by atoms with Gasteiger partial charge in [-0.15, -0.1) is 0 Å². The molecular formula is C20H17ClN2O3. The van der Waals surface area contributed by atoms with Crippen LogP contribution in [0.25, 0.3) is 0 Å². The van der Waals surface area contributed by atoms with Crippen LogP contribution >= 0.6 is 11.6 Å². The van der Waals surface area contributed by atoms with Crippen molar-refractivity contribution in [1.29, 1.82) is 5.26 Å². The van der Waals surface area contributed by atoms with Gasteiger partial charge in [-0.05, 0) is 67.8 Å². The van der Waals surface area contributed by atoms with Crippen LogP contribution in [0, 0.1) is 24.2 Å². The number of allylic oxidation sites excluding steroid dienone is 1. The molecule has 0 aliphatic heterocycles. The van der Waals surface area contributed by atoms with Crippen LogP contribution in [0.3, 0.4) is 0 Å². The molecule has 1 fully saturated rings. The van der Waals surface area contributed by atoms with Crippen LogP contribution in [-0.2, 0) is 4.79 Å². The van der Waals surface area contributed by atoms with Gasteiger partial charge in [-0.3, -0.25) is 4.79 Å². The lowest BCUT2D eigenvalue weighted by Crippen LogP contribution is -2.16. The first-order valence-corrected chi connectivity index (χ1v) is 8.54. The summed E-state index contributed by atoms with van der Waals surface area (Å²) < 4.78 is 5.75. The molecule has 0 atom stereocenters. The predicted octanol–water partition coefficient (Wildman–Crippen LogP) is 5.12. The van der Waals surface area contributed by atoms with Crippen molar-refractivity contribution in [2.75, 3.05) is 5.32 Å². The highest BCUT2D eigenvalue weighted by Gasteiger charge is 2.31. The van der Waals surface area contributed by atoms with Gasteiger partial charge in [0.2, 0.25) is 0 Å². The van der Waals surface area contributed by atoms with E-state index in [1.54, 1.807) is 48.5 Å². The minimum Gasteiger partial charge on any atom is -0.510 e. The minimum atomic E-state index is -0.605. The van der Waals surface area contributed by atoms with E-state index in [9.17, 15) is 9.90 Å². The number of carbonyl (C=O) groups is 1. The van der Waals surface area contributed by atoms with Crippen LogP contribution in [0.15, 0.2) is 53.8 Å². The number of hydrogen-bond donors (Lipinski definition) is 2. The molecule has 0 aromatic heterocycles. The minimum absolute atomic E-state index is 0.0633. The Hall–Kier alpha value is -2.97. The molecule has 0 radical (unpaired) electrons. The predicted molar refractivity (Wildman–Crippen MR) is 99.3 cm³/mol. The number of carbonyl (C=O) groups excluding carboxylic acids is 1. The van der Waals surface area contributed by atoms with Crippen molar-refractivity contribution in [3.05, 3.63) is 64.4 Å². The van der Waals surface area contributed by atoms with E-state index >= 15 is 0 Å². The number of nitrogens with one attached hydrogen (secondary N) is 1. The van der Waals surface area contributed by atoms with Crippen LogP contribution in [0.5, 0.6) is 11.5 Å². The van der Waals surface area contributed by atoms with E-state index in [4.69, 9.17) is 21.6 Å². The van der Waals surface area contributed by atoms with Gasteiger partial charge in [0.05, 0.1) is 0 Å². The molecule has 2 aromatic rings. The Bertz CT molecular complexity index is 910. The van der Waals surface area contributed by atoms with Gasteiger partial charge in [0.15, 0.2) is 5.57 Å². The molecule has 2 N–H and O–H groups in total. The topological polar surface area (TPSA) is 82.3 Å². The fraction of sp³-hybridized carbons (Fsp3) is 0.200. The first-order valence-electron chi connectivity index (χ1n) is 8.16. The van der Waals surface area contributed by atoms with E-state index in [0.29, 0.717) is 22.2 Å². The molecule has 0 unspecified atom stereocenters. The van der Waals surface area contributed by atoms with Crippen LogP contribution in [0.4, 0.5) is 5.69 Å². The molecule has 3 rings (SSSR count). The Morgan fingerprint density at radius 1 is 1.23 bits per heavy atom. The summed E-state index contributed by atoms with van der Waals surface area (Å²) in [6.07, 6.45) is 1.61. The molecule has 1 aliphatic carbocycles. The van der Waals surface area contributed by atoms with Crippen LogP contribution in [0.1, 0.15) is 18.4 Å². The molecule has 2 aromatic carbocycles. The van der Waals surface area contributed by atoms with Crippen LogP contribution < -0.4 is 10.1 Å². The van der Waals surface area contributed by atoms with Crippen molar-refractivity contribution in [1.82, 2.24) is 0 Å². The second kappa shape index (κ2) is 7.51. The molecule has 1 aliphatic rings. The highest BCUT2D eigenvalue weighted by atomic mass is 35.5. The zero-order valence-corrected chi connectivity index (χ0v) is 14.9. The monoisotopic (exact) mass is 368 g/mol. The normalized spacial score (nSPS) is 14.2. The standard InChI is InChI=1S/C20H17ClN2O3/c1-12-10-16(26-15-6-4-14(21)5-7-15)8-9-18(12)23-20(25)17(11-22)19(24)13-2-3-13/h4-10,13,24H,2-3H2,1H3,(H,23,25). The first kappa shape index (κ1) is 17.8. The number of benzene rings is 2. The van der Waals surface area contributed by atoms with E-state index in [1.165, 1.54) is 0 Å². The summed E-state index contributed by atoms with van der Waals surface area (Å²) in [4.78, 5) is 12.3. The summed E-state index contributed by atoms with van der Waals surface area (Å²) in [7, 11) is 0. The quantitative estimate of drug-likeness (QED) is 0.435. The average Bonchev–Trinajstić information content (AvgIpc) is 3.45. The highest BCUT2D eigenvalue weighted by Crippen LogP contribution is 2.36. The number of amides is 1. The van der Waals surface area contributed by atoms with Crippen molar-refractivity contribution >= 4 is 23.2 Å². The Labute approximate surface area is 156 Å². The lowest BCUT2D eigenvalue weighted by atomic mass is 10.1. The summed E-state index contributed by atoms with van der Waals surface area (Å²) in [5, 5.41) is 22.4. The van der Waals surface area contributed by atoms with Crippen molar-refractivity contribution in [2.45, 2.75) is 19.8 Å². The Morgan fingerprint density at radius 2 is 1.88 bits per heavy atom. The zero-order chi connectivity index (χ0) is 18.7. The second-order valence-electron chi connectivity index (χ2n) is 6.13. The molecule has 0 bridgehead atoms. The molecule has 1 saturated carbocycles. The largest absolute Gasteiger partial charge is 0.510 e. The maximum Gasteiger partial charge on any atom is 0.269 e. The number of halogens is 1. The third-order valence-electron chi connectivity index (χ3n) is 4.05. The molecule has 5 nitrogen and oxygen atoms in total. The second-order valence-corrected chi connectivity index (χ2v) is 6.57. The molecule has 26 heavy (non-hydrogen) atoms. The lowest BCUT2D eigenvalue weighted by molar-refractivity contribution is -0.112. The van der Waals surface area contributed by atoms with Crippen molar-refractivity contribution in [2.24, 2.45) is 5.92 Å². The number of anilines is 1. The summed E-state index contributed by atoms with van der Waals surface area (Å²) in [6, 6.07) is 14.0. The lowest BCUT2D eigenvalue weighted by Gasteiger charge is -2.11. The molecule has 1 amide bonds. The molecule has 0 heterocycles. The first-order chi connectivity index (χ1) is 12.5. The van der Waals surface area contributed by atoms with Crippen molar-refractivity contribution in [3.8, 4) is 17.6 Å². The smallest absolute Gasteiger partial charge is 0.269 e. The van der Waals surface area contributed by atoms with E-state index in [2.05, 4.69) is 5.32 Å². The number of rotatable bonds is 5. The fourth-order valence-electron chi connectivity index (χ4n) is 2.45. The van der Waals surface area contributed by atoms with Crippen molar-refractivity contribution < 1.29 is 14.6 Å². The molecule has 0 spiro atoms. The maximum atomic E-state index is 12.3. The van der Waals surface area contributed by atoms with Gasteiger partial charge in [0, 0.05) is 16.6 Å². The average molecular weight is 369 g/mol. The fourth-order valence-corrected chi connectivity index (χ4v) is 2.57. The third-order valence-corrected chi connectivity index (χ3v) is 4.31. The van der Waals surface area contributed by atoms with Gasteiger partial charge >= 0.3 is 0 Å². The number of aliphatic hydroxyl groups is 1. The van der Waals surface area contributed by atoms with Crippen LogP contribution in [0.2, 0.25) is 5.02 Å². The Balaban J connectivity index is 1.73. The summed E-state index contributed by atoms with van der Waals surface area (Å²) >= 11 is 5.85. The number of aryl methyl sites for hydroxylation is 1. The van der Waals surface area contributed by atoms with E-state index in [-0.39, 0.29) is 17.3 Å². The van der Waals surface area contributed by atoms with Crippen molar-refractivity contribution in [3.63, 3.8) is 0 Å². The summed E-state index contributed by atoms with van der Waals surface area (Å²) in [6.45, 7) is 1.82. The highest BCUT2D eigenvalue weighted by molar-refractivity contribution is 6.30. The molecule has 132 valence electrons.